The first-order valence-electron chi connectivity index (χ1n) is 5.36. The molecule has 0 aliphatic heterocycles. The van der Waals surface area contributed by atoms with Crippen LogP contribution < -0.4 is 5.32 Å². The summed E-state index contributed by atoms with van der Waals surface area (Å²) in [5, 5.41) is 13.3. The summed E-state index contributed by atoms with van der Waals surface area (Å²) in [4.78, 5) is 16.6. The van der Waals surface area contributed by atoms with E-state index in [4.69, 9.17) is 0 Å². The molecular weight excluding hydrogens is 258 g/mol. The Morgan fingerprint density at radius 2 is 2.26 bits per heavy atom. The number of benzene rings is 1. The Kier molecular flexibility index (Phi) is 3.69. The van der Waals surface area contributed by atoms with E-state index in [1.54, 1.807) is 12.4 Å². The minimum absolute atomic E-state index is 0.150. The van der Waals surface area contributed by atoms with Gasteiger partial charge in [0.25, 0.3) is 12.1 Å². The molecule has 0 bridgehead atoms. The van der Waals surface area contributed by atoms with Crippen LogP contribution in [0.2, 0.25) is 0 Å². The Hall–Kier alpha value is -2.51. The Morgan fingerprint density at radius 3 is 2.84 bits per heavy atom. The van der Waals surface area contributed by atoms with Crippen molar-refractivity contribution >= 4 is 11.4 Å². The molecule has 1 aromatic carbocycles. The van der Waals surface area contributed by atoms with Gasteiger partial charge < -0.3 is 10.3 Å². The number of imidazole rings is 1. The van der Waals surface area contributed by atoms with Crippen LogP contribution in [-0.2, 0) is 6.54 Å². The lowest BCUT2D eigenvalue weighted by atomic mass is 10.1. The molecule has 8 heteroatoms. The second-order valence-electron chi connectivity index (χ2n) is 3.72. The largest absolute Gasteiger partial charge is 0.377 e. The molecule has 2 rings (SSSR count). The zero-order valence-electron chi connectivity index (χ0n) is 9.64. The highest BCUT2D eigenvalue weighted by Crippen LogP contribution is 2.30. The fourth-order valence-electron chi connectivity index (χ4n) is 1.58. The smallest absolute Gasteiger partial charge is 0.270 e. The molecule has 2 aromatic rings. The standard InChI is InChI=1S/C11H10F2N4O2/c12-11(13)8-5-7(17(18)19)1-2-9(8)16-6-10-14-3-4-15-10/h1-5,11,16H,6H2,(H,14,15). The third kappa shape index (κ3) is 3.03. The van der Waals surface area contributed by atoms with Gasteiger partial charge in [-0.3, -0.25) is 10.1 Å². The van der Waals surface area contributed by atoms with Crippen LogP contribution in [0.1, 0.15) is 17.8 Å². The van der Waals surface area contributed by atoms with E-state index >= 15 is 0 Å². The number of hydrogen-bond acceptors (Lipinski definition) is 4. The molecule has 0 fully saturated rings. The van der Waals surface area contributed by atoms with Crippen molar-refractivity contribution in [3.05, 3.63) is 52.1 Å². The highest BCUT2D eigenvalue weighted by atomic mass is 19.3. The number of aromatic amines is 1. The van der Waals surface area contributed by atoms with Gasteiger partial charge in [-0.2, -0.15) is 0 Å². The Balaban J connectivity index is 2.21. The van der Waals surface area contributed by atoms with Crippen LogP contribution in [0.3, 0.4) is 0 Å². The number of non-ortho nitro benzene ring substituents is 1. The van der Waals surface area contributed by atoms with E-state index < -0.39 is 16.9 Å². The van der Waals surface area contributed by atoms with Crippen molar-refractivity contribution < 1.29 is 13.7 Å². The molecule has 0 saturated carbocycles. The number of alkyl halides is 2. The predicted octanol–water partition coefficient (Wildman–Crippen LogP) is 2.87. The van der Waals surface area contributed by atoms with E-state index in [-0.39, 0.29) is 17.9 Å². The van der Waals surface area contributed by atoms with Gasteiger partial charge in [0, 0.05) is 35.8 Å². The highest BCUT2D eigenvalue weighted by Gasteiger charge is 2.17. The van der Waals surface area contributed by atoms with Gasteiger partial charge in [-0.1, -0.05) is 0 Å². The van der Waals surface area contributed by atoms with Crippen LogP contribution in [0.5, 0.6) is 0 Å². The van der Waals surface area contributed by atoms with Gasteiger partial charge in [-0.15, -0.1) is 0 Å². The van der Waals surface area contributed by atoms with Gasteiger partial charge in [0.05, 0.1) is 11.5 Å². The lowest BCUT2D eigenvalue weighted by molar-refractivity contribution is -0.385. The van der Waals surface area contributed by atoms with Crippen molar-refractivity contribution in [2.45, 2.75) is 13.0 Å². The predicted molar refractivity (Wildman–Crippen MR) is 64.0 cm³/mol. The third-order valence-corrected chi connectivity index (χ3v) is 2.48. The van der Waals surface area contributed by atoms with Gasteiger partial charge in [0.1, 0.15) is 5.82 Å². The van der Waals surface area contributed by atoms with E-state index in [1.165, 1.54) is 12.1 Å². The van der Waals surface area contributed by atoms with E-state index in [0.717, 1.165) is 6.07 Å². The minimum Gasteiger partial charge on any atom is -0.377 e. The highest BCUT2D eigenvalue weighted by molar-refractivity contribution is 5.56. The fourth-order valence-corrected chi connectivity index (χ4v) is 1.58. The van der Waals surface area contributed by atoms with Crippen LogP contribution in [0, 0.1) is 10.1 Å². The number of halogens is 2. The average molecular weight is 268 g/mol. The maximum absolute atomic E-state index is 12.9. The molecule has 2 N–H and O–H groups in total. The number of nitro groups is 1. The monoisotopic (exact) mass is 268 g/mol. The number of aromatic nitrogens is 2. The van der Waals surface area contributed by atoms with Crippen molar-refractivity contribution in [3.8, 4) is 0 Å². The number of rotatable bonds is 5. The van der Waals surface area contributed by atoms with Crippen LogP contribution in [0.25, 0.3) is 0 Å². The SMILES string of the molecule is O=[N+]([O-])c1ccc(NCc2ncc[nH]2)c(C(F)F)c1. The summed E-state index contributed by atoms with van der Waals surface area (Å²) >= 11 is 0. The summed E-state index contributed by atoms with van der Waals surface area (Å²) in [7, 11) is 0. The van der Waals surface area contributed by atoms with Gasteiger partial charge in [-0.05, 0) is 6.07 Å². The van der Waals surface area contributed by atoms with Crippen LogP contribution in [0.4, 0.5) is 20.2 Å². The lowest BCUT2D eigenvalue weighted by Gasteiger charge is -2.10. The average Bonchev–Trinajstić information content (AvgIpc) is 2.89. The number of anilines is 1. The van der Waals surface area contributed by atoms with Gasteiger partial charge in [0.15, 0.2) is 0 Å². The van der Waals surface area contributed by atoms with E-state index in [0.29, 0.717) is 5.82 Å². The first-order valence-corrected chi connectivity index (χ1v) is 5.36. The van der Waals surface area contributed by atoms with E-state index in [9.17, 15) is 18.9 Å². The molecule has 0 atom stereocenters. The van der Waals surface area contributed by atoms with Crippen LogP contribution in [-0.4, -0.2) is 14.9 Å². The van der Waals surface area contributed by atoms with Crippen LogP contribution >= 0.6 is 0 Å². The Labute approximate surface area is 106 Å². The topological polar surface area (TPSA) is 83.8 Å². The van der Waals surface area contributed by atoms with E-state index in [1.807, 2.05) is 0 Å². The Bertz CT molecular complexity index is 572. The summed E-state index contributed by atoms with van der Waals surface area (Å²) in [6.07, 6.45) is 0.362. The summed E-state index contributed by atoms with van der Waals surface area (Å²) < 4.78 is 25.7. The quantitative estimate of drug-likeness (QED) is 0.645. The zero-order valence-corrected chi connectivity index (χ0v) is 9.64. The molecule has 6 nitrogen and oxygen atoms in total. The number of hydrogen-bond donors (Lipinski definition) is 2. The molecule has 0 saturated heterocycles. The molecule has 0 amide bonds. The van der Waals surface area contributed by atoms with Gasteiger partial charge in [0.2, 0.25) is 0 Å². The maximum atomic E-state index is 12.9. The maximum Gasteiger partial charge on any atom is 0.270 e. The van der Waals surface area contributed by atoms with Gasteiger partial charge >= 0.3 is 0 Å². The van der Waals surface area contributed by atoms with Crippen molar-refractivity contribution in [2.75, 3.05) is 5.32 Å². The second kappa shape index (κ2) is 5.42. The first-order chi connectivity index (χ1) is 9.08. The molecule has 19 heavy (non-hydrogen) atoms. The van der Waals surface area contributed by atoms with E-state index in [2.05, 4.69) is 15.3 Å². The molecule has 0 aliphatic rings. The molecule has 0 spiro atoms. The first kappa shape index (κ1) is 12.9. The summed E-state index contributed by atoms with van der Waals surface area (Å²) in [5.74, 6) is 0.582. The number of nitrogens with zero attached hydrogens (tertiary/aromatic N) is 2. The molecule has 0 aliphatic carbocycles. The van der Waals surface area contributed by atoms with Crippen LogP contribution in [0.15, 0.2) is 30.6 Å². The third-order valence-electron chi connectivity index (χ3n) is 2.48. The number of nitrogens with one attached hydrogen (secondary N) is 2. The summed E-state index contributed by atoms with van der Waals surface area (Å²) in [5.41, 5.74) is -0.614. The Morgan fingerprint density at radius 1 is 1.47 bits per heavy atom. The molecule has 0 radical (unpaired) electrons. The summed E-state index contributed by atoms with van der Waals surface area (Å²) in [6, 6.07) is 3.31. The van der Waals surface area contributed by atoms with Crippen molar-refractivity contribution in [2.24, 2.45) is 0 Å². The number of nitro benzene ring substituents is 1. The second-order valence-corrected chi connectivity index (χ2v) is 3.72. The normalized spacial score (nSPS) is 10.7. The lowest BCUT2D eigenvalue weighted by Crippen LogP contribution is -2.04. The molecule has 100 valence electrons. The van der Waals surface area contributed by atoms with Gasteiger partial charge in [-0.25, -0.2) is 13.8 Å². The van der Waals surface area contributed by atoms with Crippen molar-refractivity contribution in [1.82, 2.24) is 9.97 Å². The molecule has 0 unspecified atom stereocenters. The number of H-pyrrole nitrogens is 1. The molecule has 1 heterocycles. The zero-order chi connectivity index (χ0) is 13.8. The molecule has 1 aromatic heterocycles. The molecular formula is C11H10F2N4O2. The fraction of sp³-hybridized carbons (Fsp3) is 0.182. The minimum atomic E-state index is -2.79. The van der Waals surface area contributed by atoms with Crippen molar-refractivity contribution in [3.63, 3.8) is 0 Å². The summed E-state index contributed by atoms with van der Waals surface area (Å²) in [6.45, 7) is 0.227. The van der Waals surface area contributed by atoms with Crippen molar-refractivity contribution in [1.29, 1.82) is 0 Å².